The second-order valence-corrected chi connectivity index (χ2v) is 9.66. The third-order valence-electron chi connectivity index (χ3n) is 4.56. The van der Waals surface area contributed by atoms with E-state index < -0.39 is 18.5 Å². The highest BCUT2D eigenvalue weighted by Gasteiger charge is 2.12. The van der Waals surface area contributed by atoms with Crippen molar-refractivity contribution in [1.29, 1.82) is 0 Å². The quantitative estimate of drug-likeness (QED) is 0.263. The van der Waals surface area contributed by atoms with Crippen molar-refractivity contribution in [3.05, 3.63) is 81.8 Å². The van der Waals surface area contributed by atoms with E-state index in [-0.39, 0.29) is 30.2 Å². The molecule has 0 unspecified atom stereocenters. The smallest absolute Gasteiger partial charge is 0.306 e. The zero-order valence-corrected chi connectivity index (χ0v) is 21.4. The van der Waals surface area contributed by atoms with E-state index >= 15 is 0 Å². The van der Waals surface area contributed by atoms with Crippen LogP contribution in [0.4, 0.5) is 11.4 Å². The Balaban J connectivity index is 1.33. The lowest BCUT2D eigenvalue weighted by Crippen LogP contribution is -2.21. The molecular formula is C25H21Cl3N2O4S. The van der Waals surface area contributed by atoms with Gasteiger partial charge in [0.25, 0.3) is 5.91 Å². The van der Waals surface area contributed by atoms with Crippen LogP contribution in [0.2, 0.25) is 15.1 Å². The third kappa shape index (κ3) is 9.11. The summed E-state index contributed by atoms with van der Waals surface area (Å²) in [6.07, 6.45) is 0.437. The van der Waals surface area contributed by atoms with Crippen LogP contribution in [-0.4, -0.2) is 24.4 Å². The van der Waals surface area contributed by atoms with E-state index in [0.717, 1.165) is 9.79 Å². The van der Waals surface area contributed by atoms with Crippen LogP contribution in [0.25, 0.3) is 0 Å². The Morgan fingerprint density at radius 3 is 2.11 bits per heavy atom. The van der Waals surface area contributed by atoms with E-state index in [0.29, 0.717) is 21.4 Å². The number of nitrogens with one attached hydrogen (secondary N) is 2. The summed E-state index contributed by atoms with van der Waals surface area (Å²) in [5, 5.41) is 6.51. The van der Waals surface area contributed by atoms with Gasteiger partial charge in [-0.1, -0.05) is 52.6 Å². The normalized spacial score (nSPS) is 10.5. The summed E-state index contributed by atoms with van der Waals surface area (Å²) in [4.78, 5) is 38.1. The van der Waals surface area contributed by atoms with Crippen molar-refractivity contribution in [3.63, 3.8) is 0 Å². The van der Waals surface area contributed by atoms with Crippen LogP contribution in [0.15, 0.2) is 76.5 Å². The van der Waals surface area contributed by atoms with Crippen molar-refractivity contribution in [2.75, 3.05) is 17.2 Å². The van der Waals surface area contributed by atoms with Crippen molar-refractivity contribution in [2.24, 2.45) is 0 Å². The average molecular weight is 552 g/mol. The highest BCUT2D eigenvalue weighted by molar-refractivity contribution is 7.99. The molecule has 0 saturated carbocycles. The second-order valence-electron chi connectivity index (χ2n) is 7.29. The summed E-state index contributed by atoms with van der Waals surface area (Å²) in [7, 11) is 0. The van der Waals surface area contributed by atoms with Crippen molar-refractivity contribution < 1.29 is 19.1 Å². The summed E-state index contributed by atoms with van der Waals surface area (Å²) in [5.74, 6) is -1.34. The van der Waals surface area contributed by atoms with Crippen LogP contribution >= 0.6 is 46.6 Å². The maximum absolute atomic E-state index is 12.2. The van der Waals surface area contributed by atoms with Gasteiger partial charge in [-0.25, -0.2) is 0 Å². The molecule has 182 valence electrons. The number of rotatable bonds is 10. The minimum atomic E-state index is -0.575. The number of esters is 1. The first-order valence-corrected chi connectivity index (χ1v) is 12.5. The largest absolute Gasteiger partial charge is 0.456 e. The highest BCUT2D eigenvalue weighted by Crippen LogP contribution is 2.30. The second kappa shape index (κ2) is 13.4. The first-order valence-electron chi connectivity index (χ1n) is 10.5. The molecule has 3 rings (SSSR count). The van der Waals surface area contributed by atoms with Gasteiger partial charge in [-0.2, -0.15) is 0 Å². The number of hydrogen-bond donors (Lipinski definition) is 2. The van der Waals surface area contributed by atoms with Crippen molar-refractivity contribution in [1.82, 2.24) is 0 Å². The molecule has 6 nitrogen and oxygen atoms in total. The fraction of sp³-hybridized carbons (Fsp3) is 0.160. The van der Waals surface area contributed by atoms with Crippen molar-refractivity contribution >= 4 is 75.7 Å². The standard InChI is InChI=1S/C25H21Cl3N2O4S/c26-16-7-11-18(12-8-16)35-19-13-9-17(10-14-19)29-22(31)5-2-6-24(33)34-15-23(32)30-21-4-1-3-20(27)25(21)28/h1,3-4,7-14H,2,5-6,15H2,(H,29,31)(H,30,32). The Kier molecular flexibility index (Phi) is 10.3. The van der Waals surface area contributed by atoms with E-state index in [1.54, 1.807) is 30.0 Å². The van der Waals surface area contributed by atoms with Crippen molar-refractivity contribution in [2.45, 2.75) is 29.1 Å². The monoisotopic (exact) mass is 550 g/mol. The third-order valence-corrected chi connectivity index (χ3v) is 6.65. The highest BCUT2D eigenvalue weighted by atomic mass is 35.5. The molecule has 0 radical (unpaired) electrons. The lowest BCUT2D eigenvalue weighted by atomic mass is 10.2. The van der Waals surface area contributed by atoms with E-state index in [4.69, 9.17) is 39.5 Å². The van der Waals surface area contributed by atoms with Crippen LogP contribution in [0.5, 0.6) is 0 Å². The zero-order valence-electron chi connectivity index (χ0n) is 18.4. The molecule has 0 heterocycles. The molecule has 10 heteroatoms. The molecule has 0 aliphatic heterocycles. The zero-order chi connectivity index (χ0) is 25.2. The van der Waals surface area contributed by atoms with Crippen LogP contribution in [0.1, 0.15) is 19.3 Å². The van der Waals surface area contributed by atoms with Crippen LogP contribution in [0.3, 0.4) is 0 Å². The van der Waals surface area contributed by atoms with Gasteiger partial charge < -0.3 is 15.4 Å². The van der Waals surface area contributed by atoms with Gasteiger partial charge >= 0.3 is 5.97 Å². The van der Waals surface area contributed by atoms with E-state index in [1.165, 1.54) is 0 Å². The maximum atomic E-state index is 12.2. The molecule has 0 aromatic heterocycles. The first kappa shape index (κ1) is 26.9. The Hall–Kier alpha value is -2.71. The summed E-state index contributed by atoms with van der Waals surface area (Å²) in [6, 6.07) is 19.8. The molecule has 3 aromatic carbocycles. The fourth-order valence-corrected chi connectivity index (χ4v) is 4.16. The number of benzene rings is 3. The van der Waals surface area contributed by atoms with Crippen LogP contribution < -0.4 is 10.6 Å². The first-order chi connectivity index (χ1) is 16.8. The van der Waals surface area contributed by atoms with Crippen LogP contribution in [0, 0.1) is 0 Å². The molecule has 35 heavy (non-hydrogen) atoms. The Morgan fingerprint density at radius 2 is 1.43 bits per heavy atom. The average Bonchev–Trinajstić information content (AvgIpc) is 2.83. The lowest BCUT2D eigenvalue weighted by Gasteiger charge is -2.09. The number of halogens is 3. The number of carbonyl (C=O) groups is 3. The number of amides is 2. The van der Waals surface area contributed by atoms with Gasteiger partial charge in [0.1, 0.15) is 0 Å². The van der Waals surface area contributed by atoms with Gasteiger partial charge in [-0.3, -0.25) is 14.4 Å². The van der Waals surface area contributed by atoms with Gasteiger partial charge in [0.2, 0.25) is 5.91 Å². The Morgan fingerprint density at radius 1 is 0.771 bits per heavy atom. The molecule has 0 aliphatic rings. The molecule has 0 saturated heterocycles. The van der Waals surface area contributed by atoms with Gasteiger partial charge in [-0.15, -0.1) is 0 Å². The van der Waals surface area contributed by atoms with Gasteiger partial charge in [-0.05, 0) is 67.1 Å². The number of ether oxygens (including phenoxy) is 1. The summed E-state index contributed by atoms with van der Waals surface area (Å²) in [5.41, 5.74) is 0.989. The maximum Gasteiger partial charge on any atom is 0.306 e. The lowest BCUT2D eigenvalue weighted by molar-refractivity contribution is -0.147. The summed E-state index contributed by atoms with van der Waals surface area (Å²) < 4.78 is 4.95. The molecule has 0 spiro atoms. The predicted molar refractivity (Wildman–Crippen MR) is 141 cm³/mol. The Bertz CT molecular complexity index is 1190. The summed E-state index contributed by atoms with van der Waals surface area (Å²) in [6.45, 7) is -0.464. The Labute approximate surface area is 222 Å². The van der Waals surface area contributed by atoms with E-state index in [2.05, 4.69) is 10.6 Å². The van der Waals surface area contributed by atoms with Gasteiger partial charge in [0, 0.05) is 33.3 Å². The predicted octanol–water partition coefficient (Wildman–Crippen LogP) is 7.09. The topological polar surface area (TPSA) is 84.5 Å². The molecule has 0 aliphatic carbocycles. The van der Waals surface area contributed by atoms with Gasteiger partial charge in [0.05, 0.1) is 15.7 Å². The number of anilines is 2. The minimum Gasteiger partial charge on any atom is -0.456 e. The molecule has 0 fully saturated rings. The number of carbonyl (C=O) groups excluding carboxylic acids is 3. The van der Waals surface area contributed by atoms with Gasteiger partial charge in [0.15, 0.2) is 6.61 Å². The van der Waals surface area contributed by atoms with Crippen molar-refractivity contribution in [3.8, 4) is 0 Å². The fourth-order valence-electron chi connectivity index (χ4n) is 2.87. The van der Waals surface area contributed by atoms with E-state index in [9.17, 15) is 14.4 Å². The molecule has 2 N–H and O–H groups in total. The SMILES string of the molecule is O=C(CCCC(=O)OCC(=O)Nc1cccc(Cl)c1Cl)Nc1ccc(Sc2ccc(Cl)cc2)cc1. The van der Waals surface area contributed by atoms with Crippen LogP contribution in [-0.2, 0) is 19.1 Å². The molecule has 3 aromatic rings. The minimum absolute atomic E-state index is 0.00922. The van der Waals surface area contributed by atoms with E-state index in [1.807, 2.05) is 48.5 Å². The molecule has 0 bridgehead atoms. The summed E-state index contributed by atoms with van der Waals surface area (Å²) >= 11 is 19.4. The molecule has 0 atom stereocenters. The molecular weight excluding hydrogens is 531 g/mol. The molecule has 2 amide bonds. The number of hydrogen-bond acceptors (Lipinski definition) is 5.